The number of nitrogens with two attached hydrogens (primary N) is 1. The van der Waals surface area contributed by atoms with Crippen LogP contribution in [0.25, 0.3) is 16.9 Å². The third-order valence-corrected chi connectivity index (χ3v) is 5.61. The molecule has 2 heterocycles. The van der Waals surface area contributed by atoms with Crippen LogP contribution in [-0.2, 0) is 4.74 Å². The van der Waals surface area contributed by atoms with Gasteiger partial charge in [0.1, 0.15) is 29.6 Å². The normalized spacial score (nSPS) is 19.5. The molecular weight excluding hydrogens is 401 g/mol. The number of rotatable bonds is 6. The second-order valence-electron chi connectivity index (χ2n) is 7.66. The highest BCUT2D eigenvalue weighted by molar-refractivity contribution is 5.65. The zero-order valence-electron chi connectivity index (χ0n) is 17.1. The van der Waals surface area contributed by atoms with E-state index in [1.54, 1.807) is 36.8 Å². The van der Waals surface area contributed by atoms with Crippen LogP contribution in [0, 0.1) is 11.7 Å². The Morgan fingerprint density at radius 2 is 2.00 bits per heavy atom. The van der Waals surface area contributed by atoms with Crippen LogP contribution in [0.2, 0.25) is 0 Å². The number of ether oxygens (including phenoxy) is 2. The summed E-state index contributed by atoms with van der Waals surface area (Å²) < 4.78 is 26.9. The van der Waals surface area contributed by atoms with Gasteiger partial charge in [0.05, 0.1) is 18.5 Å². The quantitative estimate of drug-likeness (QED) is 0.642. The summed E-state index contributed by atoms with van der Waals surface area (Å²) in [6.45, 7) is 2.01. The number of para-hydroxylation sites is 1. The molecule has 0 radical (unpaired) electrons. The summed E-state index contributed by atoms with van der Waals surface area (Å²) in [7, 11) is 0. The molecule has 1 aliphatic carbocycles. The number of carbonyl (C=O) groups is 1. The Balaban J connectivity index is 1.47. The Bertz CT molecular complexity index is 1050. The summed E-state index contributed by atoms with van der Waals surface area (Å²) in [4.78, 5) is 19.4. The van der Waals surface area contributed by atoms with E-state index in [0.717, 1.165) is 25.7 Å². The molecule has 0 bridgehead atoms. The van der Waals surface area contributed by atoms with Gasteiger partial charge in [0.25, 0.3) is 0 Å². The monoisotopic (exact) mass is 425 g/mol. The fraction of sp³-hybridized carbons (Fsp3) is 0.364. The molecule has 31 heavy (non-hydrogen) atoms. The number of nitrogens with zero attached hydrogens (tertiary/aromatic N) is 4. The van der Waals surface area contributed by atoms with Crippen LogP contribution in [0.15, 0.2) is 49.2 Å². The van der Waals surface area contributed by atoms with Crippen molar-refractivity contribution in [2.24, 2.45) is 11.7 Å². The van der Waals surface area contributed by atoms with Crippen LogP contribution in [0.1, 0.15) is 32.6 Å². The number of halogens is 1. The van der Waals surface area contributed by atoms with E-state index in [9.17, 15) is 9.18 Å². The third-order valence-electron chi connectivity index (χ3n) is 5.61. The lowest BCUT2D eigenvalue weighted by Gasteiger charge is -2.31. The third kappa shape index (κ3) is 4.82. The van der Waals surface area contributed by atoms with Gasteiger partial charge >= 0.3 is 6.09 Å². The molecule has 0 saturated heterocycles. The average Bonchev–Trinajstić information content (AvgIpc) is 3.24. The fourth-order valence-corrected chi connectivity index (χ4v) is 3.97. The highest BCUT2D eigenvalue weighted by Crippen LogP contribution is 2.33. The lowest BCUT2D eigenvalue weighted by molar-refractivity contribution is 0.0453. The molecule has 8 nitrogen and oxygen atoms in total. The Labute approximate surface area is 179 Å². The summed E-state index contributed by atoms with van der Waals surface area (Å²) in [6.07, 6.45) is 8.73. The predicted molar refractivity (Wildman–Crippen MR) is 111 cm³/mol. The van der Waals surface area contributed by atoms with Crippen molar-refractivity contribution >= 4 is 6.09 Å². The summed E-state index contributed by atoms with van der Waals surface area (Å²) in [5.74, 6) is 0.487. The Kier molecular flexibility index (Phi) is 6.11. The van der Waals surface area contributed by atoms with Crippen molar-refractivity contribution in [3.8, 4) is 22.7 Å². The van der Waals surface area contributed by atoms with E-state index in [1.165, 1.54) is 17.1 Å². The van der Waals surface area contributed by atoms with Gasteiger partial charge in [-0.1, -0.05) is 12.1 Å². The van der Waals surface area contributed by atoms with Crippen molar-refractivity contribution in [2.45, 2.75) is 44.8 Å². The smallest absolute Gasteiger partial charge is 0.404 e. The standard InChI is InChI=1S/C22H24FN5O3/c1-14(15-6-8-17(9-7-15)31-22(24)29)30-20-11-25-13-26-21(20)16-10-27-28(12-16)19-5-3-2-4-18(19)23/h2-5,10-15,17H,6-9H2,1H3,(H2,24,29)/t14-,15?,17?/m1/s1. The molecule has 3 aromatic rings. The molecule has 9 heteroatoms. The van der Waals surface area contributed by atoms with Crippen molar-refractivity contribution < 1.29 is 18.7 Å². The molecule has 1 atom stereocenters. The molecule has 162 valence electrons. The van der Waals surface area contributed by atoms with Gasteiger partial charge in [0.15, 0.2) is 5.75 Å². The zero-order valence-corrected chi connectivity index (χ0v) is 17.1. The van der Waals surface area contributed by atoms with E-state index >= 15 is 0 Å². The van der Waals surface area contributed by atoms with Crippen molar-refractivity contribution in [2.75, 3.05) is 0 Å². The first kappa shape index (κ1) is 20.8. The van der Waals surface area contributed by atoms with E-state index in [2.05, 4.69) is 15.1 Å². The summed E-state index contributed by atoms with van der Waals surface area (Å²) in [6, 6.07) is 6.43. The van der Waals surface area contributed by atoms with Crippen LogP contribution in [-0.4, -0.2) is 38.0 Å². The SMILES string of the molecule is C[C@@H](Oc1cncnc1-c1cnn(-c2ccccc2F)c1)C1CCC(OC(N)=O)CC1. The van der Waals surface area contributed by atoms with Gasteiger partial charge in [-0.25, -0.2) is 23.8 Å². The summed E-state index contributed by atoms with van der Waals surface area (Å²) >= 11 is 0. The first-order valence-corrected chi connectivity index (χ1v) is 10.2. The molecule has 4 rings (SSSR count). The molecule has 1 saturated carbocycles. The highest BCUT2D eigenvalue weighted by Gasteiger charge is 2.28. The molecule has 1 fully saturated rings. The molecule has 0 spiro atoms. The lowest BCUT2D eigenvalue weighted by Crippen LogP contribution is -2.32. The van der Waals surface area contributed by atoms with E-state index in [4.69, 9.17) is 15.2 Å². The predicted octanol–water partition coefficient (Wildman–Crippen LogP) is 3.89. The van der Waals surface area contributed by atoms with Crippen LogP contribution < -0.4 is 10.5 Å². The van der Waals surface area contributed by atoms with Gasteiger partial charge in [0.2, 0.25) is 0 Å². The number of carbonyl (C=O) groups excluding carboxylic acids is 1. The maximum absolute atomic E-state index is 14.1. The number of primary amides is 1. The second-order valence-corrected chi connectivity index (χ2v) is 7.66. The largest absolute Gasteiger partial charge is 0.487 e. The molecule has 1 aliphatic rings. The molecule has 2 N–H and O–H groups in total. The number of amides is 1. The number of hydrogen-bond donors (Lipinski definition) is 1. The Morgan fingerprint density at radius 1 is 1.23 bits per heavy atom. The first-order valence-electron chi connectivity index (χ1n) is 10.2. The summed E-state index contributed by atoms with van der Waals surface area (Å²) in [5.41, 5.74) is 6.76. The molecule has 1 aromatic carbocycles. The van der Waals surface area contributed by atoms with Crippen molar-refractivity contribution in [1.82, 2.24) is 19.7 Å². The van der Waals surface area contributed by atoms with E-state index in [1.807, 2.05) is 6.92 Å². The highest BCUT2D eigenvalue weighted by atomic mass is 19.1. The number of hydrogen-bond acceptors (Lipinski definition) is 6. The first-order chi connectivity index (χ1) is 15.0. The minimum atomic E-state index is -0.727. The second kappa shape index (κ2) is 9.11. The number of aromatic nitrogens is 4. The van der Waals surface area contributed by atoms with Crippen LogP contribution >= 0.6 is 0 Å². The molecule has 2 aromatic heterocycles. The van der Waals surface area contributed by atoms with Crippen molar-refractivity contribution in [3.63, 3.8) is 0 Å². The van der Waals surface area contributed by atoms with Gasteiger partial charge in [-0.3, -0.25) is 0 Å². The maximum Gasteiger partial charge on any atom is 0.404 e. The maximum atomic E-state index is 14.1. The van der Waals surface area contributed by atoms with Gasteiger partial charge < -0.3 is 15.2 Å². The van der Waals surface area contributed by atoms with Crippen LogP contribution in [0.5, 0.6) is 5.75 Å². The Morgan fingerprint density at radius 3 is 2.74 bits per heavy atom. The minimum absolute atomic E-state index is 0.0825. The molecule has 1 amide bonds. The van der Waals surface area contributed by atoms with Crippen LogP contribution in [0.3, 0.4) is 0 Å². The molecular formula is C22H24FN5O3. The topological polar surface area (TPSA) is 105 Å². The van der Waals surface area contributed by atoms with Crippen molar-refractivity contribution in [1.29, 1.82) is 0 Å². The van der Waals surface area contributed by atoms with E-state index in [0.29, 0.717) is 28.6 Å². The average molecular weight is 425 g/mol. The van der Waals surface area contributed by atoms with Crippen LogP contribution in [0.4, 0.5) is 9.18 Å². The van der Waals surface area contributed by atoms with Gasteiger partial charge in [-0.2, -0.15) is 5.10 Å². The van der Waals surface area contributed by atoms with E-state index < -0.39 is 6.09 Å². The van der Waals surface area contributed by atoms with Gasteiger partial charge in [-0.05, 0) is 50.7 Å². The minimum Gasteiger partial charge on any atom is -0.487 e. The fourth-order valence-electron chi connectivity index (χ4n) is 3.97. The molecule has 0 unspecified atom stereocenters. The Hall–Kier alpha value is -3.49. The lowest BCUT2D eigenvalue weighted by atomic mass is 9.84. The van der Waals surface area contributed by atoms with Gasteiger partial charge in [0, 0.05) is 11.8 Å². The summed E-state index contributed by atoms with van der Waals surface area (Å²) in [5, 5.41) is 4.27. The number of benzene rings is 1. The zero-order chi connectivity index (χ0) is 21.8. The molecule has 0 aliphatic heterocycles. The van der Waals surface area contributed by atoms with Gasteiger partial charge in [-0.15, -0.1) is 0 Å². The van der Waals surface area contributed by atoms with Crippen molar-refractivity contribution in [3.05, 3.63) is 55.0 Å². The van der Waals surface area contributed by atoms with E-state index in [-0.39, 0.29) is 18.0 Å².